The van der Waals surface area contributed by atoms with Crippen LogP contribution in [0.3, 0.4) is 0 Å². The summed E-state index contributed by atoms with van der Waals surface area (Å²) in [6, 6.07) is 4.16. The number of hydrogen-bond acceptors (Lipinski definition) is 2. The van der Waals surface area contributed by atoms with Crippen molar-refractivity contribution in [2.45, 2.75) is 25.3 Å². The second-order valence-corrected chi connectivity index (χ2v) is 4.78. The molecule has 2 N–H and O–H groups in total. The minimum Gasteiger partial charge on any atom is -0.326 e. The molecule has 15 heavy (non-hydrogen) atoms. The first-order valence-corrected chi connectivity index (χ1v) is 5.95. The molecule has 1 fully saturated rings. The third kappa shape index (κ3) is 1.48. The Bertz CT molecular complexity index is 514. The van der Waals surface area contributed by atoms with E-state index in [1.54, 1.807) is 0 Å². The molecule has 3 rings (SSSR count). The molecule has 78 valence electrons. The number of hydrogen-bond donors (Lipinski definition) is 1. The molecule has 2 aromatic heterocycles. The Kier molecular flexibility index (Phi) is 2.07. The van der Waals surface area contributed by atoms with Gasteiger partial charge in [-0.05, 0) is 46.5 Å². The molecule has 3 nitrogen and oxygen atoms in total. The number of aromatic nitrogens is 2. The Balaban J connectivity index is 2.23. The second kappa shape index (κ2) is 3.32. The van der Waals surface area contributed by atoms with E-state index >= 15 is 0 Å². The van der Waals surface area contributed by atoms with Crippen LogP contribution in [0.1, 0.15) is 30.1 Å². The van der Waals surface area contributed by atoms with E-state index in [0.717, 1.165) is 15.7 Å². The van der Waals surface area contributed by atoms with Gasteiger partial charge < -0.3 is 10.1 Å². The zero-order chi connectivity index (χ0) is 10.4. The molecule has 1 saturated carbocycles. The van der Waals surface area contributed by atoms with Gasteiger partial charge in [-0.1, -0.05) is 0 Å². The Morgan fingerprint density at radius 2 is 2.33 bits per heavy atom. The van der Waals surface area contributed by atoms with Gasteiger partial charge in [0.1, 0.15) is 10.4 Å². The van der Waals surface area contributed by atoms with Gasteiger partial charge in [0.2, 0.25) is 0 Å². The average molecular weight is 266 g/mol. The Labute approximate surface area is 96.4 Å². The lowest BCUT2D eigenvalue weighted by atomic mass is 10.2. The molecule has 0 bridgehead atoms. The molecular formula is C11H12BrN3. The van der Waals surface area contributed by atoms with Crippen LogP contribution in [0.4, 0.5) is 0 Å². The van der Waals surface area contributed by atoms with Gasteiger partial charge in [0, 0.05) is 18.7 Å². The van der Waals surface area contributed by atoms with Crippen molar-refractivity contribution >= 4 is 21.4 Å². The first-order chi connectivity index (χ1) is 7.29. The van der Waals surface area contributed by atoms with Gasteiger partial charge in [-0.15, -0.1) is 0 Å². The first-order valence-electron chi connectivity index (χ1n) is 5.16. The van der Waals surface area contributed by atoms with E-state index in [9.17, 15) is 0 Å². The van der Waals surface area contributed by atoms with E-state index < -0.39 is 0 Å². The Hall–Kier alpha value is -0.870. The van der Waals surface area contributed by atoms with E-state index in [-0.39, 0.29) is 0 Å². The molecule has 0 radical (unpaired) electrons. The maximum atomic E-state index is 5.62. The number of imidazole rings is 1. The summed E-state index contributed by atoms with van der Waals surface area (Å²) in [5, 5.41) is 0. The fraction of sp³-hybridized carbons (Fsp3) is 0.364. The fourth-order valence-corrected chi connectivity index (χ4v) is 2.36. The summed E-state index contributed by atoms with van der Waals surface area (Å²) < 4.78 is 3.10. The molecule has 0 aromatic carbocycles. The van der Waals surface area contributed by atoms with Crippen LogP contribution in [0.15, 0.2) is 22.9 Å². The smallest absolute Gasteiger partial charge is 0.132 e. The Morgan fingerprint density at radius 3 is 3.00 bits per heavy atom. The van der Waals surface area contributed by atoms with E-state index in [0.29, 0.717) is 12.5 Å². The fourth-order valence-electron chi connectivity index (χ4n) is 1.87. The van der Waals surface area contributed by atoms with Crippen molar-refractivity contribution in [1.82, 2.24) is 9.38 Å². The van der Waals surface area contributed by atoms with Crippen LogP contribution in [-0.4, -0.2) is 9.38 Å². The predicted octanol–water partition coefficient (Wildman–Crippen LogP) is 2.43. The maximum Gasteiger partial charge on any atom is 0.132 e. The number of halogens is 1. The normalized spacial score (nSPS) is 16.1. The van der Waals surface area contributed by atoms with Crippen molar-refractivity contribution in [2.75, 3.05) is 0 Å². The molecule has 2 heterocycles. The molecule has 0 atom stereocenters. The van der Waals surface area contributed by atoms with Crippen molar-refractivity contribution in [2.24, 2.45) is 5.73 Å². The summed E-state index contributed by atoms with van der Waals surface area (Å²) in [5.41, 5.74) is 7.89. The quantitative estimate of drug-likeness (QED) is 0.907. The molecule has 0 spiro atoms. The largest absolute Gasteiger partial charge is 0.326 e. The summed E-state index contributed by atoms with van der Waals surface area (Å²) in [6.45, 7) is 0.576. The van der Waals surface area contributed by atoms with Gasteiger partial charge in [-0.2, -0.15) is 0 Å². The van der Waals surface area contributed by atoms with E-state index in [1.807, 2.05) is 0 Å². The number of nitrogens with two attached hydrogens (primary N) is 1. The zero-order valence-corrected chi connectivity index (χ0v) is 9.87. The molecule has 1 aliphatic carbocycles. The summed E-state index contributed by atoms with van der Waals surface area (Å²) in [7, 11) is 0. The highest BCUT2D eigenvalue weighted by Gasteiger charge is 2.28. The number of rotatable bonds is 2. The van der Waals surface area contributed by atoms with Gasteiger partial charge >= 0.3 is 0 Å². The van der Waals surface area contributed by atoms with Crippen molar-refractivity contribution in [3.8, 4) is 0 Å². The third-order valence-corrected chi connectivity index (χ3v) is 3.45. The van der Waals surface area contributed by atoms with Crippen LogP contribution >= 0.6 is 15.9 Å². The molecule has 2 aromatic rings. The maximum absolute atomic E-state index is 5.62. The highest BCUT2D eigenvalue weighted by Crippen LogP contribution is 2.40. The average Bonchev–Trinajstić information content (AvgIpc) is 3.05. The molecule has 0 saturated heterocycles. The number of fused-ring (bicyclic) bond motifs is 1. The number of pyridine rings is 1. The molecule has 0 amide bonds. The summed E-state index contributed by atoms with van der Waals surface area (Å²) >= 11 is 3.50. The molecule has 1 aliphatic rings. The minimum absolute atomic E-state index is 0.576. The van der Waals surface area contributed by atoms with Gasteiger partial charge in [-0.25, -0.2) is 4.98 Å². The summed E-state index contributed by atoms with van der Waals surface area (Å²) in [6.07, 6.45) is 4.61. The topological polar surface area (TPSA) is 43.3 Å². The Morgan fingerprint density at radius 1 is 1.53 bits per heavy atom. The van der Waals surface area contributed by atoms with Crippen molar-refractivity contribution in [1.29, 1.82) is 0 Å². The lowest BCUT2D eigenvalue weighted by Gasteiger charge is -2.01. The van der Waals surface area contributed by atoms with Crippen molar-refractivity contribution in [3.63, 3.8) is 0 Å². The van der Waals surface area contributed by atoms with Gasteiger partial charge in [0.25, 0.3) is 0 Å². The summed E-state index contributed by atoms with van der Waals surface area (Å²) in [4.78, 5) is 4.57. The lowest BCUT2D eigenvalue weighted by molar-refractivity contribution is 0.914. The second-order valence-electron chi connectivity index (χ2n) is 4.03. The highest BCUT2D eigenvalue weighted by molar-refractivity contribution is 9.10. The third-order valence-electron chi connectivity index (χ3n) is 2.87. The van der Waals surface area contributed by atoms with Crippen LogP contribution < -0.4 is 5.73 Å². The SMILES string of the molecule is NCc1ccn2c(C3CC3)nc(Br)c2c1. The first kappa shape index (κ1) is 9.36. The summed E-state index contributed by atoms with van der Waals surface area (Å²) in [5.74, 6) is 1.84. The van der Waals surface area contributed by atoms with Crippen LogP contribution in [0, 0.1) is 0 Å². The molecular weight excluding hydrogens is 254 g/mol. The predicted molar refractivity (Wildman–Crippen MR) is 62.8 cm³/mol. The molecule has 4 heteroatoms. The number of nitrogens with zero attached hydrogens (tertiary/aromatic N) is 2. The monoisotopic (exact) mass is 265 g/mol. The minimum atomic E-state index is 0.576. The standard InChI is InChI=1S/C11H12BrN3/c12-10-9-5-7(6-13)3-4-15(9)11(14-10)8-1-2-8/h3-5,8H,1-2,6,13H2. The van der Waals surface area contributed by atoms with E-state index in [4.69, 9.17) is 5.73 Å². The van der Waals surface area contributed by atoms with Crippen molar-refractivity contribution in [3.05, 3.63) is 34.3 Å². The van der Waals surface area contributed by atoms with Crippen molar-refractivity contribution < 1.29 is 0 Å². The van der Waals surface area contributed by atoms with E-state index in [1.165, 1.54) is 18.7 Å². The lowest BCUT2D eigenvalue weighted by Crippen LogP contribution is -1.98. The zero-order valence-electron chi connectivity index (χ0n) is 8.28. The van der Waals surface area contributed by atoms with Gasteiger partial charge in [0.05, 0.1) is 5.52 Å². The van der Waals surface area contributed by atoms with Crippen LogP contribution in [0.5, 0.6) is 0 Å². The highest BCUT2D eigenvalue weighted by atomic mass is 79.9. The van der Waals surface area contributed by atoms with Crippen LogP contribution in [0.25, 0.3) is 5.52 Å². The molecule has 0 aliphatic heterocycles. The van der Waals surface area contributed by atoms with Gasteiger partial charge in [-0.3, -0.25) is 0 Å². The van der Waals surface area contributed by atoms with Crippen LogP contribution in [0.2, 0.25) is 0 Å². The molecule has 0 unspecified atom stereocenters. The van der Waals surface area contributed by atoms with E-state index in [2.05, 4.69) is 43.6 Å². The van der Waals surface area contributed by atoms with Gasteiger partial charge in [0.15, 0.2) is 0 Å². The van der Waals surface area contributed by atoms with Crippen LogP contribution in [-0.2, 0) is 6.54 Å².